The number of benzene rings is 1. The molecule has 1 heterocycles. The van der Waals surface area contributed by atoms with Gasteiger partial charge in [0.05, 0.1) is 11.6 Å². The van der Waals surface area contributed by atoms with E-state index in [1.54, 1.807) is 17.8 Å². The molecule has 0 aliphatic heterocycles. The van der Waals surface area contributed by atoms with Gasteiger partial charge in [-0.15, -0.1) is 0 Å². The van der Waals surface area contributed by atoms with Gasteiger partial charge in [-0.2, -0.15) is 11.8 Å². The lowest BCUT2D eigenvalue weighted by Crippen LogP contribution is -2.36. The zero-order chi connectivity index (χ0) is 16.8. The predicted molar refractivity (Wildman–Crippen MR) is 98.1 cm³/mol. The van der Waals surface area contributed by atoms with Crippen LogP contribution in [0, 0.1) is 0 Å². The van der Waals surface area contributed by atoms with Gasteiger partial charge < -0.3 is 9.52 Å². The maximum absolute atomic E-state index is 11.2. The van der Waals surface area contributed by atoms with E-state index in [2.05, 4.69) is 21.2 Å². The van der Waals surface area contributed by atoms with Gasteiger partial charge in [0.15, 0.2) is 0 Å². The van der Waals surface area contributed by atoms with Crippen LogP contribution in [0.4, 0.5) is 0 Å². The fraction of sp³-hybridized carbons (Fsp3) is 0.312. The molecule has 23 heavy (non-hydrogen) atoms. The summed E-state index contributed by atoms with van der Waals surface area (Å²) in [7, 11) is 0. The summed E-state index contributed by atoms with van der Waals surface area (Å²) in [6.07, 6.45) is 2.53. The van der Waals surface area contributed by atoms with Crippen LogP contribution in [0.2, 0.25) is 5.02 Å². The normalized spacial score (nSPS) is 12.3. The zero-order valence-corrected chi connectivity index (χ0v) is 15.7. The van der Waals surface area contributed by atoms with Crippen LogP contribution in [0.5, 0.6) is 0 Å². The molecule has 2 N–H and O–H groups in total. The van der Waals surface area contributed by atoms with E-state index in [1.165, 1.54) is 0 Å². The molecular weight excluding hydrogens is 402 g/mol. The fourth-order valence-corrected chi connectivity index (χ4v) is 3.32. The van der Waals surface area contributed by atoms with Gasteiger partial charge in [0.25, 0.3) is 0 Å². The maximum Gasteiger partial charge on any atom is 0.320 e. The van der Waals surface area contributed by atoms with Crippen molar-refractivity contribution in [1.82, 2.24) is 5.32 Å². The number of aliphatic carboxylic acids is 1. The smallest absolute Gasteiger partial charge is 0.320 e. The van der Waals surface area contributed by atoms with Crippen LogP contribution in [0.3, 0.4) is 0 Å². The molecule has 2 rings (SSSR count). The molecule has 124 valence electrons. The number of furan rings is 1. The number of carboxylic acids is 1. The highest BCUT2D eigenvalue weighted by atomic mass is 79.9. The molecule has 1 unspecified atom stereocenters. The van der Waals surface area contributed by atoms with Gasteiger partial charge in [0.1, 0.15) is 17.6 Å². The van der Waals surface area contributed by atoms with Crippen LogP contribution >= 0.6 is 39.3 Å². The highest BCUT2D eigenvalue weighted by Gasteiger charge is 2.17. The summed E-state index contributed by atoms with van der Waals surface area (Å²) < 4.78 is 6.67. The summed E-state index contributed by atoms with van der Waals surface area (Å²) in [5, 5.41) is 12.8. The Morgan fingerprint density at radius 1 is 1.43 bits per heavy atom. The lowest BCUT2D eigenvalue weighted by Gasteiger charge is -2.12. The number of nitrogens with one attached hydrogen (secondary N) is 1. The van der Waals surface area contributed by atoms with Crippen molar-refractivity contribution in [2.75, 3.05) is 12.0 Å². The lowest BCUT2D eigenvalue weighted by atomic mass is 10.2. The number of carboxylic acid groups (broad SMARTS) is 1. The van der Waals surface area contributed by atoms with Gasteiger partial charge in [-0.25, -0.2) is 0 Å². The number of rotatable bonds is 8. The van der Waals surface area contributed by atoms with E-state index >= 15 is 0 Å². The lowest BCUT2D eigenvalue weighted by molar-refractivity contribution is -0.139. The molecule has 2 aromatic rings. The van der Waals surface area contributed by atoms with Crippen LogP contribution in [0.1, 0.15) is 12.2 Å². The first-order valence-electron chi connectivity index (χ1n) is 7.00. The van der Waals surface area contributed by atoms with Gasteiger partial charge in [0, 0.05) is 10.0 Å². The van der Waals surface area contributed by atoms with E-state index in [1.807, 2.05) is 30.5 Å². The Balaban J connectivity index is 2.03. The van der Waals surface area contributed by atoms with Crippen LogP contribution < -0.4 is 5.32 Å². The average molecular weight is 419 g/mol. The molecule has 0 bridgehead atoms. The SMILES string of the molecule is CSCCC(NCc1ccc(-c2ccc(Br)cc2Cl)o1)C(=O)O. The van der Waals surface area contributed by atoms with Crippen molar-refractivity contribution in [3.05, 3.63) is 45.6 Å². The monoisotopic (exact) mass is 417 g/mol. The standard InChI is InChI=1S/C16H17BrClNO3S/c1-23-7-6-14(16(20)21)19-9-11-3-5-15(22-11)12-4-2-10(17)8-13(12)18/h2-5,8,14,19H,6-7,9H2,1H3,(H,20,21). The largest absolute Gasteiger partial charge is 0.480 e. The highest BCUT2D eigenvalue weighted by molar-refractivity contribution is 9.10. The summed E-state index contributed by atoms with van der Waals surface area (Å²) in [4.78, 5) is 11.2. The number of carbonyl (C=O) groups is 1. The fourth-order valence-electron chi connectivity index (χ4n) is 2.08. The molecule has 0 amide bonds. The molecule has 1 aromatic carbocycles. The average Bonchev–Trinajstić information content (AvgIpc) is 2.95. The summed E-state index contributed by atoms with van der Waals surface area (Å²) in [6.45, 7) is 0.361. The van der Waals surface area contributed by atoms with Crippen molar-refractivity contribution in [1.29, 1.82) is 0 Å². The first kappa shape index (κ1) is 18.4. The number of hydrogen-bond donors (Lipinski definition) is 2. The molecule has 1 aromatic heterocycles. The Hall–Kier alpha value is -0.950. The second-order valence-corrected chi connectivity index (χ2v) is 7.25. The quantitative estimate of drug-likeness (QED) is 0.653. The molecule has 7 heteroatoms. The van der Waals surface area contributed by atoms with Crippen molar-refractivity contribution in [2.45, 2.75) is 19.0 Å². The van der Waals surface area contributed by atoms with E-state index in [-0.39, 0.29) is 0 Å². The van der Waals surface area contributed by atoms with Gasteiger partial charge >= 0.3 is 5.97 Å². The minimum atomic E-state index is -0.846. The Morgan fingerprint density at radius 2 is 2.22 bits per heavy atom. The van der Waals surface area contributed by atoms with Crippen molar-refractivity contribution in [3.8, 4) is 11.3 Å². The molecule has 0 radical (unpaired) electrons. The molecule has 0 aliphatic rings. The molecule has 1 atom stereocenters. The Labute approximate surface area is 152 Å². The summed E-state index contributed by atoms with van der Waals surface area (Å²) in [5.74, 6) is 1.29. The number of thioether (sulfide) groups is 1. The Bertz CT molecular complexity index is 677. The molecule has 0 saturated heterocycles. The summed E-state index contributed by atoms with van der Waals surface area (Å²) in [5.41, 5.74) is 0.804. The second-order valence-electron chi connectivity index (χ2n) is 4.94. The molecule has 4 nitrogen and oxygen atoms in total. The topological polar surface area (TPSA) is 62.5 Å². The number of halogens is 2. The third-order valence-electron chi connectivity index (χ3n) is 3.29. The molecule has 0 saturated carbocycles. The van der Waals surface area contributed by atoms with E-state index in [0.717, 1.165) is 15.8 Å². The second kappa shape index (κ2) is 8.78. The summed E-state index contributed by atoms with van der Waals surface area (Å²) in [6, 6.07) is 8.66. The van der Waals surface area contributed by atoms with Crippen LogP contribution in [-0.2, 0) is 11.3 Å². The predicted octanol–water partition coefficient (Wildman–Crippen LogP) is 4.66. The van der Waals surface area contributed by atoms with Gasteiger partial charge in [0.2, 0.25) is 0 Å². The maximum atomic E-state index is 11.2. The van der Waals surface area contributed by atoms with Crippen molar-refractivity contribution < 1.29 is 14.3 Å². The van der Waals surface area contributed by atoms with Crippen molar-refractivity contribution in [2.24, 2.45) is 0 Å². The Kier molecular flexibility index (Phi) is 7.02. The van der Waals surface area contributed by atoms with Crippen LogP contribution in [0.25, 0.3) is 11.3 Å². The van der Waals surface area contributed by atoms with Crippen LogP contribution in [-0.4, -0.2) is 29.1 Å². The Morgan fingerprint density at radius 3 is 2.87 bits per heavy atom. The summed E-state index contributed by atoms with van der Waals surface area (Å²) >= 11 is 11.2. The van der Waals surface area contributed by atoms with E-state index in [4.69, 9.17) is 16.0 Å². The minimum absolute atomic E-state index is 0.361. The molecule has 0 aliphatic carbocycles. The van der Waals surface area contributed by atoms with E-state index < -0.39 is 12.0 Å². The zero-order valence-electron chi connectivity index (χ0n) is 12.5. The van der Waals surface area contributed by atoms with Crippen LogP contribution in [0.15, 0.2) is 39.2 Å². The molecule has 0 spiro atoms. The minimum Gasteiger partial charge on any atom is -0.480 e. The van der Waals surface area contributed by atoms with E-state index in [9.17, 15) is 9.90 Å². The third-order valence-corrected chi connectivity index (χ3v) is 4.74. The van der Waals surface area contributed by atoms with E-state index in [0.29, 0.717) is 29.5 Å². The molecule has 0 fully saturated rings. The van der Waals surface area contributed by atoms with Crippen molar-refractivity contribution >= 4 is 45.3 Å². The van der Waals surface area contributed by atoms with Gasteiger partial charge in [-0.1, -0.05) is 27.5 Å². The molecular formula is C16H17BrClNO3S. The van der Waals surface area contributed by atoms with Gasteiger partial charge in [-0.3, -0.25) is 10.1 Å². The highest BCUT2D eigenvalue weighted by Crippen LogP contribution is 2.31. The van der Waals surface area contributed by atoms with Crippen molar-refractivity contribution in [3.63, 3.8) is 0 Å². The first-order valence-corrected chi connectivity index (χ1v) is 9.57. The third kappa shape index (κ3) is 5.28. The number of hydrogen-bond acceptors (Lipinski definition) is 4. The first-order chi connectivity index (χ1) is 11.0. The van der Waals surface area contributed by atoms with Gasteiger partial charge in [-0.05, 0) is 48.8 Å².